The highest BCUT2D eigenvalue weighted by Gasteiger charge is 2.54. The van der Waals surface area contributed by atoms with Crippen molar-refractivity contribution in [2.75, 3.05) is 19.8 Å². The van der Waals surface area contributed by atoms with Gasteiger partial charge in [0.25, 0.3) is 0 Å². The Labute approximate surface area is 296 Å². The topological polar surface area (TPSA) is 206 Å². The molecule has 0 aromatic heterocycles. The first kappa shape index (κ1) is 41.4. The van der Waals surface area contributed by atoms with E-state index in [2.05, 4.69) is 12.2 Å². The first-order valence-corrected chi connectivity index (χ1v) is 17.8. The lowest BCUT2D eigenvalue weighted by molar-refractivity contribution is -0.315. The van der Waals surface area contributed by atoms with E-state index in [9.17, 15) is 34.5 Å². The third-order valence-electron chi connectivity index (χ3n) is 8.03. The van der Waals surface area contributed by atoms with Gasteiger partial charge in [0.1, 0.15) is 54.4 Å². The molecule has 4 N–H and O–H groups in total. The van der Waals surface area contributed by atoms with Gasteiger partial charge in [0.2, 0.25) is 5.91 Å². The minimum Gasteiger partial charge on any atom is -0.494 e. The fourth-order valence-corrected chi connectivity index (χ4v) is 6.80. The molecule has 0 bridgehead atoms. The van der Waals surface area contributed by atoms with E-state index in [1.807, 2.05) is 0 Å². The van der Waals surface area contributed by atoms with Crippen molar-refractivity contribution in [2.45, 2.75) is 139 Å². The number of hydrogen-bond donors (Lipinski definition) is 4. The van der Waals surface area contributed by atoms with Gasteiger partial charge >= 0.3 is 17.9 Å². The monoisotopic (exact) mass is 729 g/mol. The fraction of sp³-hybridized carbons (Fsp3) is 0.706. The van der Waals surface area contributed by atoms with Crippen molar-refractivity contribution in [3.8, 4) is 5.75 Å². The van der Waals surface area contributed by atoms with Crippen LogP contribution in [0.2, 0.25) is 0 Å². The number of rotatable bonds is 18. The van der Waals surface area contributed by atoms with E-state index in [4.69, 9.17) is 33.2 Å². The second-order valence-corrected chi connectivity index (χ2v) is 13.4. The van der Waals surface area contributed by atoms with Crippen molar-refractivity contribution in [3.05, 3.63) is 24.3 Å². The smallest absolute Gasteiger partial charge is 0.303 e. The van der Waals surface area contributed by atoms with Gasteiger partial charge in [-0.3, -0.25) is 19.2 Å². The standard InChI is InChI=1S/C34H51NO14S/c1-6-7-8-9-10-11-16-43-23-12-14-24(15-13-23)50-34-32(29(42)28(41)25(17-36)48-34)49-33-27(35-19(2)37)31(46-22(5)40)30(45-21(4)39)26(47-33)18-44-20(3)38/h12-15,25-34,36,41-42H,6-11,16-18H2,1-5H3,(H,35,37)/t25-,26-,27-,28-,29+,30-,31-,32+,33+,34-/m1/s1. The number of hydrogen-bond acceptors (Lipinski definition) is 15. The summed E-state index contributed by atoms with van der Waals surface area (Å²) in [6.07, 6.45) is -4.42. The van der Waals surface area contributed by atoms with Crippen LogP contribution in [0.4, 0.5) is 0 Å². The maximum Gasteiger partial charge on any atom is 0.303 e. The first-order chi connectivity index (χ1) is 23.8. The van der Waals surface area contributed by atoms with E-state index in [-0.39, 0.29) is 0 Å². The van der Waals surface area contributed by atoms with E-state index in [0.29, 0.717) is 17.3 Å². The number of aliphatic hydroxyl groups is 3. The van der Waals surface area contributed by atoms with Gasteiger partial charge in [-0.25, -0.2) is 0 Å². The van der Waals surface area contributed by atoms with Crippen LogP contribution in [0.25, 0.3) is 0 Å². The summed E-state index contributed by atoms with van der Waals surface area (Å²) in [5, 5.41) is 34.6. The summed E-state index contributed by atoms with van der Waals surface area (Å²) in [7, 11) is 0. The van der Waals surface area contributed by atoms with E-state index in [0.717, 1.165) is 45.4 Å². The fourth-order valence-electron chi connectivity index (χ4n) is 5.68. The maximum atomic E-state index is 12.4. The zero-order valence-corrected chi connectivity index (χ0v) is 30.0. The summed E-state index contributed by atoms with van der Waals surface area (Å²) in [6, 6.07) is 5.85. The third-order valence-corrected chi connectivity index (χ3v) is 9.19. The minimum atomic E-state index is -1.63. The van der Waals surface area contributed by atoms with Crippen molar-refractivity contribution < 1.29 is 67.7 Å². The van der Waals surface area contributed by atoms with Crippen molar-refractivity contribution in [1.29, 1.82) is 0 Å². The largest absolute Gasteiger partial charge is 0.494 e. The Kier molecular flexibility index (Phi) is 17.2. The predicted octanol–water partition coefficient (Wildman–Crippen LogP) is 2.00. The van der Waals surface area contributed by atoms with Crippen LogP contribution in [-0.4, -0.2) is 119 Å². The highest BCUT2D eigenvalue weighted by molar-refractivity contribution is 7.99. The molecule has 15 nitrogen and oxygen atoms in total. The lowest BCUT2D eigenvalue weighted by Crippen LogP contribution is -2.68. The van der Waals surface area contributed by atoms with Gasteiger partial charge in [0, 0.05) is 32.6 Å². The van der Waals surface area contributed by atoms with Crippen molar-refractivity contribution >= 4 is 35.6 Å². The number of amides is 1. The van der Waals surface area contributed by atoms with E-state index >= 15 is 0 Å². The van der Waals surface area contributed by atoms with Gasteiger partial charge in [-0.05, 0) is 30.7 Å². The molecule has 2 saturated heterocycles. The molecule has 282 valence electrons. The van der Waals surface area contributed by atoms with Crippen LogP contribution in [-0.2, 0) is 47.6 Å². The molecule has 2 heterocycles. The molecule has 0 unspecified atom stereocenters. The number of thioether (sulfide) groups is 1. The number of carbonyl (C=O) groups is 4. The van der Waals surface area contributed by atoms with Crippen LogP contribution in [0.5, 0.6) is 5.75 Å². The Hall–Kier alpha value is -2.99. The van der Waals surface area contributed by atoms with Crippen LogP contribution < -0.4 is 10.1 Å². The zero-order valence-electron chi connectivity index (χ0n) is 29.2. The normalized spacial score (nSPS) is 29.4. The Bertz CT molecular complexity index is 1230. The number of unbranched alkanes of at least 4 members (excludes halogenated alkanes) is 5. The number of aliphatic hydroxyl groups excluding tert-OH is 3. The van der Waals surface area contributed by atoms with Crippen LogP contribution in [0.15, 0.2) is 29.2 Å². The summed E-state index contributed by atoms with van der Waals surface area (Å²) >= 11 is 1.13. The second-order valence-electron chi connectivity index (χ2n) is 12.2. The van der Waals surface area contributed by atoms with Crippen molar-refractivity contribution in [2.24, 2.45) is 0 Å². The van der Waals surface area contributed by atoms with Gasteiger partial charge in [-0.2, -0.15) is 0 Å². The van der Waals surface area contributed by atoms with E-state index in [1.54, 1.807) is 24.3 Å². The second kappa shape index (κ2) is 20.8. The number of benzene rings is 1. The molecule has 10 atom stereocenters. The molecule has 1 aromatic carbocycles. The Morgan fingerprint density at radius 3 is 2.04 bits per heavy atom. The van der Waals surface area contributed by atoms with Crippen LogP contribution in [0.1, 0.15) is 73.1 Å². The minimum absolute atomic E-state index is 0.456. The third kappa shape index (κ3) is 12.7. The van der Waals surface area contributed by atoms with Gasteiger partial charge in [-0.1, -0.05) is 50.8 Å². The molecule has 2 aliphatic rings. The molecule has 0 spiro atoms. The molecule has 0 radical (unpaired) electrons. The van der Waals surface area contributed by atoms with Crippen LogP contribution >= 0.6 is 11.8 Å². The summed E-state index contributed by atoms with van der Waals surface area (Å²) in [5.74, 6) is -2.14. The lowest BCUT2D eigenvalue weighted by atomic mass is 9.95. The SMILES string of the molecule is CCCCCCCCOc1ccc(S[C@H]2O[C@H](CO)[C@@H](O)[C@H](O)[C@@H]2O[C@@H]2O[C@H](COC(C)=O)[C@@H](OC(C)=O)[C@H](OC(C)=O)[C@H]2NC(C)=O)cc1. The molecule has 3 rings (SSSR count). The van der Waals surface area contributed by atoms with Gasteiger partial charge in [0.15, 0.2) is 18.5 Å². The molecular formula is C34H51NO14S. The first-order valence-electron chi connectivity index (χ1n) is 16.9. The zero-order chi connectivity index (χ0) is 36.8. The maximum absolute atomic E-state index is 12.4. The number of ether oxygens (including phenoxy) is 7. The predicted molar refractivity (Wildman–Crippen MR) is 178 cm³/mol. The quantitative estimate of drug-likeness (QED) is 0.0969. The number of nitrogens with one attached hydrogen (secondary N) is 1. The number of esters is 3. The highest BCUT2D eigenvalue weighted by atomic mass is 32.2. The van der Waals surface area contributed by atoms with Crippen LogP contribution in [0, 0.1) is 0 Å². The molecule has 2 fully saturated rings. The van der Waals surface area contributed by atoms with E-state index < -0.39 is 97.5 Å². The average Bonchev–Trinajstić information content (AvgIpc) is 3.05. The molecular weight excluding hydrogens is 678 g/mol. The summed E-state index contributed by atoms with van der Waals surface area (Å²) in [6.45, 7) is 6.29. The molecule has 0 aliphatic carbocycles. The van der Waals surface area contributed by atoms with Gasteiger partial charge < -0.3 is 53.8 Å². The Morgan fingerprint density at radius 2 is 1.44 bits per heavy atom. The molecule has 1 aromatic rings. The van der Waals surface area contributed by atoms with Gasteiger partial charge in [-0.15, -0.1) is 0 Å². The van der Waals surface area contributed by atoms with Crippen LogP contribution in [0.3, 0.4) is 0 Å². The summed E-state index contributed by atoms with van der Waals surface area (Å²) in [4.78, 5) is 49.1. The van der Waals surface area contributed by atoms with Gasteiger partial charge in [0.05, 0.1) is 13.2 Å². The highest BCUT2D eigenvalue weighted by Crippen LogP contribution is 2.38. The Morgan fingerprint density at radius 1 is 0.800 bits per heavy atom. The molecule has 2 aliphatic heterocycles. The van der Waals surface area contributed by atoms with Crippen molar-refractivity contribution in [1.82, 2.24) is 5.32 Å². The molecule has 1 amide bonds. The molecule has 16 heteroatoms. The molecule has 50 heavy (non-hydrogen) atoms. The number of carbonyl (C=O) groups excluding carboxylic acids is 4. The average molecular weight is 730 g/mol. The molecule has 0 saturated carbocycles. The summed E-state index contributed by atoms with van der Waals surface area (Å²) in [5.41, 5.74) is -1.05. The Balaban J connectivity index is 1.86. The summed E-state index contributed by atoms with van der Waals surface area (Å²) < 4.78 is 40.3. The lowest BCUT2D eigenvalue weighted by Gasteiger charge is -2.48. The van der Waals surface area contributed by atoms with E-state index in [1.165, 1.54) is 32.6 Å². The van der Waals surface area contributed by atoms with Crippen molar-refractivity contribution in [3.63, 3.8) is 0 Å².